The second-order valence-corrected chi connectivity index (χ2v) is 3.70. The quantitative estimate of drug-likeness (QED) is 0.745. The monoisotopic (exact) mass is 209 g/mol. The highest BCUT2D eigenvalue weighted by Crippen LogP contribution is 2.27. The zero-order valence-electron chi connectivity index (χ0n) is 8.80. The first-order valence-electron chi connectivity index (χ1n) is 4.94. The Morgan fingerprint density at radius 2 is 1.80 bits per heavy atom. The van der Waals surface area contributed by atoms with E-state index in [1.165, 1.54) is 12.1 Å². The predicted octanol–water partition coefficient (Wildman–Crippen LogP) is 3.62. The maximum atomic E-state index is 12.9. The van der Waals surface area contributed by atoms with Crippen molar-refractivity contribution < 1.29 is 8.78 Å². The van der Waals surface area contributed by atoms with Crippen LogP contribution in [0.15, 0.2) is 18.2 Å². The molecule has 0 fully saturated rings. The number of hydrogen-bond donors (Lipinski definition) is 0. The zero-order chi connectivity index (χ0) is 11.4. The van der Waals surface area contributed by atoms with Crippen molar-refractivity contribution in [3.05, 3.63) is 35.4 Å². The van der Waals surface area contributed by atoms with E-state index in [1.807, 2.05) is 13.8 Å². The first-order chi connectivity index (χ1) is 7.08. The van der Waals surface area contributed by atoms with Crippen LogP contribution in [0.5, 0.6) is 0 Å². The molecule has 2 unspecified atom stereocenters. The number of nitrogens with zero attached hydrogens (tertiary/aromatic N) is 1. The van der Waals surface area contributed by atoms with Crippen LogP contribution in [0, 0.1) is 28.9 Å². The minimum atomic E-state index is -0.631. The fraction of sp³-hybridized carbons (Fsp3) is 0.417. The number of hydrogen-bond acceptors (Lipinski definition) is 1. The molecule has 0 aliphatic heterocycles. The Morgan fingerprint density at radius 3 is 2.20 bits per heavy atom. The van der Waals surface area contributed by atoms with Gasteiger partial charge >= 0.3 is 0 Å². The summed E-state index contributed by atoms with van der Waals surface area (Å²) in [6, 6.07) is 5.35. The first-order valence-corrected chi connectivity index (χ1v) is 4.94. The van der Waals surface area contributed by atoms with Gasteiger partial charge in [-0.1, -0.05) is 20.3 Å². The smallest absolute Gasteiger partial charge is 0.126 e. The van der Waals surface area contributed by atoms with E-state index < -0.39 is 17.6 Å². The Kier molecular flexibility index (Phi) is 3.79. The molecular weight excluding hydrogens is 196 g/mol. The summed E-state index contributed by atoms with van der Waals surface area (Å²) in [6.07, 6.45) is 0.802. The van der Waals surface area contributed by atoms with Gasteiger partial charge in [-0.05, 0) is 23.6 Å². The number of halogens is 2. The second kappa shape index (κ2) is 4.88. The summed E-state index contributed by atoms with van der Waals surface area (Å²) in [5.41, 5.74) is 0.421. The molecule has 0 amide bonds. The van der Waals surface area contributed by atoms with E-state index in [2.05, 4.69) is 6.07 Å². The van der Waals surface area contributed by atoms with Gasteiger partial charge in [0.25, 0.3) is 0 Å². The van der Waals surface area contributed by atoms with Crippen molar-refractivity contribution >= 4 is 0 Å². The Hall–Kier alpha value is -1.43. The van der Waals surface area contributed by atoms with E-state index in [-0.39, 0.29) is 5.92 Å². The third-order valence-corrected chi connectivity index (χ3v) is 2.60. The lowest BCUT2D eigenvalue weighted by atomic mass is 9.87. The van der Waals surface area contributed by atoms with E-state index in [0.717, 1.165) is 12.5 Å². The molecule has 15 heavy (non-hydrogen) atoms. The van der Waals surface area contributed by atoms with Gasteiger partial charge in [-0.15, -0.1) is 0 Å². The molecule has 3 heteroatoms. The third kappa shape index (κ3) is 2.76. The molecule has 0 aliphatic rings. The standard InChI is InChI=1S/C12H13F2N/c1-3-8(2)12(7-15)9-4-10(13)6-11(14)5-9/h4-6,8,12H,3H2,1-2H3. The lowest BCUT2D eigenvalue weighted by Crippen LogP contribution is -2.07. The van der Waals surface area contributed by atoms with Crippen LogP contribution in [0.3, 0.4) is 0 Å². The molecule has 0 N–H and O–H groups in total. The first kappa shape index (κ1) is 11.6. The van der Waals surface area contributed by atoms with Crippen molar-refractivity contribution in [2.45, 2.75) is 26.2 Å². The molecule has 80 valence electrons. The lowest BCUT2D eigenvalue weighted by molar-refractivity contribution is 0.505. The molecule has 0 aromatic heterocycles. The molecule has 2 atom stereocenters. The highest BCUT2D eigenvalue weighted by atomic mass is 19.1. The van der Waals surface area contributed by atoms with Crippen LogP contribution in [0.4, 0.5) is 8.78 Å². The Morgan fingerprint density at radius 1 is 1.27 bits per heavy atom. The van der Waals surface area contributed by atoms with E-state index in [4.69, 9.17) is 5.26 Å². The summed E-state index contributed by atoms with van der Waals surface area (Å²) in [5, 5.41) is 8.97. The molecule has 0 aliphatic carbocycles. The Bertz CT molecular complexity index is 361. The maximum absolute atomic E-state index is 12.9. The van der Waals surface area contributed by atoms with Crippen molar-refractivity contribution in [1.29, 1.82) is 5.26 Å². The number of nitriles is 1. The van der Waals surface area contributed by atoms with Crippen molar-refractivity contribution in [1.82, 2.24) is 0 Å². The Labute approximate surface area is 88.3 Å². The largest absolute Gasteiger partial charge is 0.207 e. The lowest BCUT2D eigenvalue weighted by Gasteiger charge is -2.16. The van der Waals surface area contributed by atoms with Crippen LogP contribution in [0.2, 0.25) is 0 Å². The average Bonchev–Trinajstić information content (AvgIpc) is 2.17. The highest BCUT2D eigenvalue weighted by Gasteiger charge is 2.18. The van der Waals surface area contributed by atoms with Crippen molar-refractivity contribution in [3.63, 3.8) is 0 Å². The summed E-state index contributed by atoms with van der Waals surface area (Å²) in [4.78, 5) is 0. The fourth-order valence-electron chi connectivity index (χ4n) is 1.52. The van der Waals surface area contributed by atoms with E-state index in [0.29, 0.717) is 5.56 Å². The summed E-state index contributed by atoms with van der Waals surface area (Å²) in [7, 11) is 0. The topological polar surface area (TPSA) is 23.8 Å². The average molecular weight is 209 g/mol. The highest BCUT2D eigenvalue weighted by molar-refractivity contribution is 5.27. The molecule has 0 bridgehead atoms. The minimum Gasteiger partial charge on any atom is -0.207 e. The molecule has 1 aromatic carbocycles. The van der Waals surface area contributed by atoms with Gasteiger partial charge in [-0.3, -0.25) is 0 Å². The van der Waals surface area contributed by atoms with E-state index >= 15 is 0 Å². The van der Waals surface area contributed by atoms with Crippen LogP contribution in [-0.2, 0) is 0 Å². The van der Waals surface area contributed by atoms with Gasteiger partial charge < -0.3 is 0 Å². The molecule has 0 heterocycles. The molecular formula is C12H13F2N. The molecule has 1 rings (SSSR count). The van der Waals surface area contributed by atoms with Gasteiger partial charge in [0.15, 0.2) is 0 Å². The van der Waals surface area contributed by atoms with Crippen LogP contribution in [0.1, 0.15) is 31.7 Å². The van der Waals surface area contributed by atoms with Gasteiger partial charge in [-0.25, -0.2) is 8.78 Å². The predicted molar refractivity (Wildman–Crippen MR) is 54.2 cm³/mol. The van der Waals surface area contributed by atoms with Crippen molar-refractivity contribution in [3.8, 4) is 6.07 Å². The normalized spacial score (nSPS) is 14.3. The minimum absolute atomic E-state index is 0.0937. The SMILES string of the molecule is CCC(C)C(C#N)c1cc(F)cc(F)c1. The van der Waals surface area contributed by atoms with E-state index in [9.17, 15) is 8.78 Å². The zero-order valence-corrected chi connectivity index (χ0v) is 8.80. The van der Waals surface area contributed by atoms with Crippen molar-refractivity contribution in [2.75, 3.05) is 0 Å². The van der Waals surface area contributed by atoms with Crippen LogP contribution in [0.25, 0.3) is 0 Å². The summed E-state index contributed by atoms with van der Waals surface area (Å²) >= 11 is 0. The van der Waals surface area contributed by atoms with Gasteiger partial charge in [0.1, 0.15) is 11.6 Å². The summed E-state index contributed by atoms with van der Waals surface area (Å²) in [6.45, 7) is 3.85. The van der Waals surface area contributed by atoms with Crippen molar-refractivity contribution in [2.24, 2.45) is 5.92 Å². The van der Waals surface area contributed by atoms with Crippen LogP contribution >= 0.6 is 0 Å². The van der Waals surface area contributed by atoms with E-state index in [1.54, 1.807) is 0 Å². The molecule has 1 aromatic rings. The molecule has 0 saturated carbocycles. The Balaban J connectivity index is 3.08. The van der Waals surface area contributed by atoms with Gasteiger partial charge in [0.2, 0.25) is 0 Å². The molecule has 1 nitrogen and oxygen atoms in total. The van der Waals surface area contributed by atoms with Gasteiger partial charge in [-0.2, -0.15) is 5.26 Å². The number of rotatable bonds is 3. The van der Waals surface area contributed by atoms with Crippen LogP contribution < -0.4 is 0 Å². The molecule has 0 spiro atoms. The third-order valence-electron chi connectivity index (χ3n) is 2.60. The van der Waals surface area contributed by atoms with Gasteiger partial charge in [0, 0.05) is 6.07 Å². The fourth-order valence-corrected chi connectivity index (χ4v) is 1.52. The summed E-state index contributed by atoms with van der Waals surface area (Å²) in [5.74, 6) is -1.61. The summed E-state index contributed by atoms with van der Waals surface area (Å²) < 4.78 is 25.9. The number of benzene rings is 1. The molecule has 0 radical (unpaired) electrons. The van der Waals surface area contributed by atoms with Crippen LogP contribution in [-0.4, -0.2) is 0 Å². The molecule has 0 saturated heterocycles. The second-order valence-electron chi connectivity index (χ2n) is 3.70. The van der Waals surface area contributed by atoms with Gasteiger partial charge in [0.05, 0.1) is 12.0 Å². The maximum Gasteiger partial charge on any atom is 0.126 e.